The number of halogens is 1. The van der Waals surface area contributed by atoms with Gasteiger partial charge in [-0.15, -0.1) is 6.58 Å². The number of hydrogen-bond donors (Lipinski definition) is 2. The summed E-state index contributed by atoms with van der Waals surface area (Å²) in [5.41, 5.74) is -2.62. The first kappa shape index (κ1) is 35.0. The molecule has 46 heavy (non-hydrogen) atoms. The van der Waals surface area contributed by atoms with Crippen LogP contribution >= 0.6 is 11.6 Å². The van der Waals surface area contributed by atoms with Gasteiger partial charge in [-0.1, -0.05) is 45.4 Å². The molecule has 2 aliphatic rings. The molecule has 0 radical (unpaired) electrons. The summed E-state index contributed by atoms with van der Waals surface area (Å²) in [6.45, 7) is 17.7. The number of fused-ring (bicyclic) bond motifs is 1. The van der Waals surface area contributed by atoms with Crippen molar-refractivity contribution in [2.75, 3.05) is 13.7 Å². The molecule has 1 saturated heterocycles. The molecule has 250 valence electrons. The fourth-order valence-corrected chi connectivity index (χ4v) is 6.19. The van der Waals surface area contributed by atoms with Crippen LogP contribution in [0.25, 0.3) is 10.8 Å². The first-order valence-electron chi connectivity index (χ1n) is 15.4. The minimum absolute atomic E-state index is 0.00833. The smallest absolute Gasteiger partial charge is 0.408 e. The first-order valence-corrected chi connectivity index (χ1v) is 15.7. The number of hydrogen-bond acceptors (Lipinski definition) is 8. The molecular formula is C34H45ClN4O7. The van der Waals surface area contributed by atoms with Crippen molar-refractivity contribution in [2.45, 2.75) is 91.1 Å². The summed E-state index contributed by atoms with van der Waals surface area (Å²) in [6, 6.07) is 3.18. The molecule has 2 N–H and O–H groups in total. The number of nitrogens with zero attached hydrogens (tertiary/aromatic N) is 2. The van der Waals surface area contributed by atoms with Gasteiger partial charge >= 0.3 is 6.09 Å². The molecule has 0 spiro atoms. The maximum Gasteiger partial charge on any atom is 0.408 e. The fourth-order valence-electron chi connectivity index (χ4n) is 6.02. The number of likely N-dealkylation sites (tertiary alicyclic amines) is 1. The maximum absolute atomic E-state index is 14.4. The Morgan fingerprint density at radius 3 is 2.37 bits per heavy atom. The molecule has 1 aliphatic heterocycles. The lowest BCUT2D eigenvalue weighted by atomic mass is 9.85. The molecule has 0 unspecified atom stereocenters. The van der Waals surface area contributed by atoms with E-state index in [1.807, 2.05) is 27.7 Å². The molecule has 1 saturated carbocycles. The lowest BCUT2D eigenvalue weighted by Crippen LogP contribution is -2.60. The third-order valence-electron chi connectivity index (χ3n) is 8.66. The topological polar surface area (TPSA) is 136 Å². The Morgan fingerprint density at radius 1 is 1.15 bits per heavy atom. The largest absolute Gasteiger partial charge is 0.494 e. The first-order chi connectivity index (χ1) is 21.3. The predicted octanol–water partition coefficient (Wildman–Crippen LogP) is 5.08. The summed E-state index contributed by atoms with van der Waals surface area (Å²) in [5.74, 6) is -1.13. The minimum atomic E-state index is -1.07. The zero-order valence-electron chi connectivity index (χ0n) is 28.0. The van der Waals surface area contributed by atoms with Crippen molar-refractivity contribution in [1.29, 1.82) is 0 Å². The molecule has 2 heterocycles. The van der Waals surface area contributed by atoms with Crippen LogP contribution in [0.4, 0.5) is 4.79 Å². The average molecular weight is 657 g/mol. The minimum Gasteiger partial charge on any atom is -0.494 e. The van der Waals surface area contributed by atoms with Gasteiger partial charge in [0.05, 0.1) is 19.9 Å². The SMILES string of the molecule is C=C[C@@H]1C[C@]1(NC(=O)[C@@H]1[C@H](C)[C@@H](Oc2ncc(OC)c3ccc(Cl)cc23)CN1C(=O)[C@@H](NC(=O)OC(C)(C)C)C(C)(C)C)C(C)=O. The second-order valence-corrected chi connectivity index (χ2v) is 14.7. The van der Waals surface area contributed by atoms with E-state index in [0.29, 0.717) is 22.6 Å². The fraction of sp³-hybridized carbons (Fsp3) is 0.559. The molecular weight excluding hydrogens is 612 g/mol. The van der Waals surface area contributed by atoms with Crippen molar-refractivity contribution >= 4 is 46.1 Å². The number of rotatable bonds is 9. The highest BCUT2D eigenvalue weighted by Gasteiger charge is 2.59. The molecule has 1 aromatic carbocycles. The van der Waals surface area contributed by atoms with E-state index in [1.165, 1.54) is 18.0 Å². The number of methoxy groups -OCH3 is 1. The highest BCUT2D eigenvalue weighted by atomic mass is 35.5. The standard InChI is InChI=1S/C34H45ClN4O7/c1-11-20-15-34(20,19(3)40)38-28(41)26-18(2)25(45-29-23-14-21(35)12-13-22(23)24(44-10)16-36-29)17-39(26)30(42)27(32(4,5)6)37-31(43)46-33(7,8)9/h11-14,16,18,20,25-27H,1,15,17H2,2-10H3,(H,37,43)(H,38,41)/t18-,20-,25+,26+,27-,34+/m1/s1. The van der Waals surface area contributed by atoms with Crippen LogP contribution in [0.15, 0.2) is 37.1 Å². The third kappa shape index (κ3) is 7.09. The van der Waals surface area contributed by atoms with E-state index in [4.69, 9.17) is 25.8 Å². The number of nitrogens with one attached hydrogen (secondary N) is 2. The van der Waals surface area contributed by atoms with E-state index >= 15 is 0 Å². The van der Waals surface area contributed by atoms with Crippen LogP contribution in [0.3, 0.4) is 0 Å². The van der Waals surface area contributed by atoms with Gasteiger partial charge in [0.2, 0.25) is 17.7 Å². The molecule has 6 atom stereocenters. The lowest BCUT2D eigenvalue weighted by Gasteiger charge is -2.36. The molecule has 11 nitrogen and oxygen atoms in total. The van der Waals surface area contributed by atoms with Gasteiger partial charge in [-0.2, -0.15) is 0 Å². The van der Waals surface area contributed by atoms with E-state index in [-0.39, 0.29) is 24.1 Å². The highest BCUT2D eigenvalue weighted by Crippen LogP contribution is 2.46. The van der Waals surface area contributed by atoms with Crippen LogP contribution < -0.4 is 20.1 Å². The number of alkyl carbamates (subject to hydrolysis) is 1. The molecule has 2 fully saturated rings. The molecule has 3 amide bonds. The van der Waals surface area contributed by atoms with Gasteiger partial charge in [-0.25, -0.2) is 9.78 Å². The molecule has 12 heteroatoms. The average Bonchev–Trinajstić information content (AvgIpc) is 3.57. The zero-order chi connectivity index (χ0) is 34.4. The number of carbonyl (C=O) groups excluding carboxylic acids is 4. The zero-order valence-corrected chi connectivity index (χ0v) is 28.8. The number of benzene rings is 1. The van der Waals surface area contributed by atoms with Gasteiger partial charge in [0.25, 0.3) is 0 Å². The van der Waals surface area contributed by atoms with Crippen molar-refractivity contribution in [3.63, 3.8) is 0 Å². The van der Waals surface area contributed by atoms with Crippen LogP contribution in [-0.4, -0.2) is 76.6 Å². The maximum atomic E-state index is 14.4. The van der Waals surface area contributed by atoms with Gasteiger partial charge in [0, 0.05) is 27.6 Å². The van der Waals surface area contributed by atoms with Crippen molar-refractivity contribution in [1.82, 2.24) is 20.5 Å². The molecule has 0 bridgehead atoms. The van der Waals surface area contributed by atoms with Crippen LogP contribution in [0, 0.1) is 17.3 Å². The Balaban J connectivity index is 1.72. The Hall–Kier alpha value is -3.86. The number of pyridine rings is 1. The van der Waals surface area contributed by atoms with Crippen molar-refractivity contribution in [3.05, 3.63) is 42.1 Å². The van der Waals surface area contributed by atoms with E-state index in [1.54, 1.807) is 52.2 Å². The van der Waals surface area contributed by atoms with Crippen LogP contribution in [0.5, 0.6) is 11.6 Å². The van der Waals surface area contributed by atoms with Crippen LogP contribution in [-0.2, 0) is 19.1 Å². The highest BCUT2D eigenvalue weighted by molar-refractivity contribution is 6.31. The van der Waals surface area contributed by atoms with Gasteiger partial charge in [-0.3, -0.25) is 14.4 Å². The molecule has 4 rings (SSSR count). The van der Waals surface area contributed by atoms with Gasteiger partial charge in [0.15, 0.2) is 5.78 Å². The van der Waals surface area contributed by atoms with Crippen molar-refractivity contribution < 1.29 is 33.4 Å². The predicted molar refractivity (Wildman–Crippen MR) is 175 cm³/mol. The summed E-state index contributed by atoms with van der Waals surface area (Å²) >= 11 is 6.33. The Morgan fingerprint density at radius 2 is 1.83 bits per heavy atom. The van der Waals surface area contributed by atoms with E-state index in [2.05, 4.69) is 22.2 Å². The molecule has 2 aromatic rings. The summed E-state index contributed by atoms with van der Waals surface area (Å²) < 4.78 is 17.4. The van der Waals surface area contributed by atoms with E-state index < -0.39 is 58.6 Å². The summed E-state index contributed by atoms with van der Waals surface area (Å²) in [5, 5.41) is 7.48. The van der Waals surface area contributed by atoms with Gasteiger partial charge < -0.3 is 29.7 Å². The van der Waals surface area contributed by atoms with Crippen LogP contribution in [0.2, 0.25) is 5.02 Å². The molecule has 1 aromatic heterocycles. The van der Waals surface area contributed by atoms with Gasteiger partial charge in [-0.05, 0) is 57.7 Å². The number of ketones is 1. The second-order valence-electron chi connectivity index (χ2n) is 14.3. The van der Waals surface area contributed by atoms with Crippen LogP contribution in [0.1, 0.15) is 61.8 Å². The second kappa shape index (κ2) is 12.7. The summed E-state index contributed by atoms with van der Waals surface area (Å²) in [4.78, 5) is 60.0. The Kier molecular flexibility index (Phi) is 9.69. The number of Topliss-reactive ketones (excluding diaryl/α,β-unsaturated/α-hetero) is 1. The lowest BCUT2D eigenvalue weighted by molar-refractivity contribution is -0.143. The quantitative estimate of drug-likeness (QED) is 0.357. The van der Waals surface area contributed by atoms with Crippen molar-refractivity contribution in [3.8, 4) is 11.6 Å². The number of carbonyl (C=O) groups is 4. The number of amides is 3. The Bertz CT molecular complexity index is 1550. The van der Waals surface area contributed by atoms with E-state index in [0.717, 1.165) is 5.39 Å². The number of aromatic nitrogens is 1. The summed E-state index contributed by atoms with van der Waals surface area (Å²) in [7, 11) is 1.54. The third-order valence-corrected chi connectivity index (χ3v) is 8.89. The van der Waals surface area contributed by atoms with Crippen molar-refractivity contribution in [2.24, 2.45) is 17.3 Å². The van der Waals surface area contributed by atoms with E-state index in [9.17, 15) is 19.2 Å². The normalized spacial score (nSPS) is 25.0. The summed E-state index contributed by atoms with van der Waals surface area (Å²) in [6.07, 6.45) is 2.18. The van der Waals surface area contributed by atoms with Gasteiger partial charge in [0.1, 0.15) is 35.1 Å². The molecule has 1 aliphatic carbocycles. The monoisotopic (exact) mass is 656 g/mol. The number of ether oxygens (including phenoxy) is 3. The Labute approximate surface area is 275 Å².